The minimum atomic E-state index is -0.870. The third kappa shape index (κ3) is 3.26. The van der Waals surface area contributed by atoms with Crippen molar-refractivity contribution in [2.24, 2.45) is 0 Å². The van der Waals surface area contributed by atoms with Crippen LogP contribution >= 0.6 is 11.3 Å². The van der Waals surface area contributed by atoms with Crippen LogP contribution in [0.25, 0.3) is 0 Å². The van der Waals surface area contributed by atoms with E-state index in [1.807, 2.05) is 6.92 Å². The van der Waals surface area contributed by atoms with Crippen molar-refractivity contribution < 1.29 is 14.7 Å². The van der Waals surface area contributed by atoms with Gasteiger partial charge in [0.25, 0.3) is 0 Å². The second-order valence-electron chi connectivity index (χ2n) is 4.55. The zero-order valence-electron chi connectivity index (χ0n) is 11.0. The number of carboxylic acid groups (broad SMARTS) is 1. The molecule has 1 aromatic heterocycles. The fourth-order valence-electron chi connectivity index (χ4n) is 2.23. The van der Waals surface area contributed by atoms with E-state index in [0.717, 1.165) is 13.0 Å². The molecule has 2 rings (SSSR count). The molecule has 1 aliphatic rings. The molecule has 2 amide bonds. The number of nitrogens with zero attached hydrogens (tertiary/aromatic N) is 2. The van der Waals surface area contributed by atoms with Gasteiger partial charge in [-0.2, -0.15) is 0 Å². The fraction of sp³-hybridized carbons (Fsp3) is 0.538. The number of carbonyl (C=O) groups excluding carboxylic acids is 1. The molecule has 1 N–H and O–H groups in total. The first-order chi connectivity index (χ1) is 9.11. The third-order valence-electron chi connectivity index (χ3n) is 3.33. The molecule has 2 heterocycles. The van der Waals surface area contributed by atoms with E-state index in [2.05, 4.69) is 11.4 Å². The van der Waals surface area contributed by atoms with Crippen molar-refractivity contribution in [2.75, 3.05) is 19.6 Å². The summed E-state index contributed by atoms with van der Waals surface area (Å²) in [7, 11) is 0. The SMILES string of the molecule is CCN(CCC(=O)O)C(=O)N1CCc2sccc2C1. The summed E-state index contributed by atoms with van der Waals surface area (Å²) in [4.78, 5) is 27.7. The van der Waals surface area contributed by atoms with E-state index in [-0.39, 0.29) is 19.0 Å². The molecule has 1 aromatic rings. The number of urea groups is 1. The lowest BCUT2D eigenvalue weighted by atomic mass is 10.1. The Morgan fingerprint density at radius 2 is 2.32 bits per heavy atom. The Morgan fingerprint density at radius 3 is 3.00 bits per heavy atom. The Hall–Kier alpha value is -1.56. The van der Waals surface area contributed by atoms with Crippen LogP contribution in [0.5, 0.6) is 0 Å². The van der Waals surface area contributed by atoms with Crippen molar-refractivity contribution in [3.05, 3.63) is 21.9 Å². The summed E-state index contributed by atoms with van der Waals surface area (Å²) in [6.07, 6.45) is 0.895. The zero-order valence-corrected chi connectivity index (χ0v) is 11.8. The van der Waals surface area contributed by atoms with Crippen LogP contribution < -0.4 is 0 Å². The van der Waals surface area contributed by atoms with Crippen molar-refractivity contribution >= 4 is 23.3 Å². The molecular formula is C13H18N2O3S. The van der Waals surface area contributed by atoms with Gasteiger partial charge in [0.05, 0.1) is 6.42 Å². The number of amides is 2. The van der Waals surface area contributed by atoms with Gasteiger partial charge in [-0.05, 0) is 30.4 Å². The standard InChI is InChI=1S/C13H18N2O3S/c1-2-14(7-4-12(16)17)13(18)15-6-3-11-10(9-15)5-8-19-11/h5,8H,2-4,6-7,9H2,1H3,(H,16,17). The maximum absolute atomic E-state index is 12.3. The van der Waals surface area contributed by atoms with Gasteiger partial charge in [0.15, 0.2) is 0 Å². The monoisotopic (exact) mass is 282 g/mol. The molecule has 0 unspecified atom stereocenters. The first kappa shape index (κ1) is 13.9. The summed E-state index contributed by atoms with van der Waals surface area (Å²) in [5.74, 6) is -0.870. The van der Waals surface area contributed by atoms with Crippen LogP contribution in [0.15, 0.2) is 11.4 Å². The van der Waals surface area contributed by atoms with Crippen molar-refractivity contribution in [3.8, 4) is 0 Å². The molecule has 5 nitrogen and oxygen atoms in total. The predicted octanol–water partition coefficient (Wildman–Crippen LogP) is 2.02. The number of carboxylic acids is 1. The van der Waals surface area contributed by atoms with Crippen LogP contribution in [-0.2, 0) is 17.8 Å². The van der Waals surface area contributed by atoms with Crippen LogP contribution in [0.2, 0.25) is 0 Å². The number of hydrogen-bond donors (Lipinski definition) is 1. The van der Waals surface area contributed by atoms with Crippen LogP contribution in [-0.4, -0.2) is 46.5 Å². The fourth-order valence-corrected chi connectivity index (χ4v) is 3.12. The summed E-state index contributed by atoms with van der Waals surface area (Å²) >= 11 is 1.74. The molecule has 0 bridgehead atoms. The molecule has 0 radical (unpaired) electrons. The molecule has 0 aliphatic carbocycles. The van der Waals surface area contributed by atoms with Crippen LogP contribution in [0.3, 0.4) is 0 Å². The second kappa shape index (κ2) is 6.06. The summed E-state index contributed by atoms with van der Waals surface area (Å²) in [5.41, 5.74) is 1.22. The lowest BCUT2D eigenvalue weighted by molar-refractivity contribution is -0.137. The van der Waals surface area contributed by atoms with Gasteiger partial charge in [-0.1, -0.05) is 0 Å². The first-order valence-electron chi connectivity index (χ1n) is 6.42. The number of thiophene rings is 1. The van der Waals surface area contributed by atoms with Gasteiger partial charge < -0.3 is 14.9 Å². The van der Waals surface area contributed by atoms with Crippen molar-refractivity contribution in [1.82, 2.24) is 9.80 Å². The summed E-state index contributed by atoms with van der Waals surface area (Å²) in [6, 6.07) is 2.01. The quantitative estimate of drug-likeness (QED) is 0.919. The number of fused-ring (bicyclic) bond motifs is 1. The Labute approximate surface area is 116 Å². The van der Waals surface area contributed by atoms with E-state index >= 15 is 0 Å². The summed E-state index contributed by atoms with van der Waals surface area (Å²) in [6.45, 7) is 4.05. The van der Waals surface area contributed by atoms with Crippen molar-refractivity contribution in [2.45, 2.75) is 26.3 Å². The van der Waals surface area contributed by atoms with E-state index in [1.165, 1.54) is 10.4 Å². The topological polar surface area (TPSA) is 60.9 Å². The molecule has 6 heteroatoms. The Balaban J connectivity index is 1.97. The predicted molar refractivity (Wildman–Crippen MR) is 73.3 cm³/mol. The lowest BCUT2D eigenvalue weighted by Gasteiger charge is -2.32. The first-order valence-corrected chi connectivity index (χ1v) is 7.30. The lowest BCUT2D eigenvalue weighted by Crippen LogP contribution is -2.45. The molecular weight excluding hydrogens is 264 g/mol. The van der Waals surface area contributed by atoms with Crippen LogP contribution in [0.4, 0.5) is 4.79 Å². The van der Waals surface area contributed by atoms with Crippen molar-refractivity contribution in [3.63, 3.8) is 0 Å². The van der Waals surface area contributed by atoms with E-state index in [1.54, 1.807) is 21.1 Å². The molecule has 1 aliphatic heterocycles. The molecule has 0 saturated heterocycles. The summed E-state index contributed by atoms with van der Waals surface area (Å²) in [5, 5.41) is 10.8. The molecule has 0 aromatic carbocycles. The van der Waals surface area contributed by atoms with E-state index in [9.17, 15) is 9.59 Å². The van der Waals surface area contributed by atoms with Gasteiger partial charge >= 0.3 is 12.0 Å². The van der Waals surface area contributed by atoms with Gasteiger partial charge in [-0.3, -0.25) is 4.79 Å². The highest BCUT2D eigenvalue weighted by Crippen LogP contribution is 2.24. The second-order valence-corrected chi connectivity index (χ2v) is 5.55. The van der Waals surface area contributed by atoms with E-state index < -0.39 is 5.97 Å². The normalized spacial score (nSPS) is 14.1. The van der Waals surface area contributed by atoms with E-state index in [4.69, 9.17) is 5.11 Å². The number of aliphatic carboxylic acids is 1. The number of rotatable bonds is 4. The minimum Gasteiger partial charge on any atom is -0.481 e. The average molecular weight is 282 g/mol. The van der Waals surface area contributed by atoms with Gasteiger partial charge in [-0.15, -0.1) is 11.3 Å². The maximum atomic E-state index is 12.3. The molecule has 0 spiro atoms. The third-order valence-corrected chi connectivity index (χ3v) is 4.35. The zero-order chi connectivity index (χ0) is 13.8. The Kier molecular flexibility index (Phi) is 4.42. The Bertz CT molecular complexity index is 472. The average Bonchev–Trinajstić information content (AvgIpc) is 2.85. The minimum absolute atomic E-state index is 0.00286. The highest BCUT2D eigenvalue weighted by atomic mass is 32.1. The maximum Gasteiger partial charge on any atom is 0.320 e. The van der Waals surface area contributed by atoms with Crippen LogP contribution in [0, 0.1) is 0 Å². The highest BCUT2D eigenvalue weighted by molar-refractivity contribution is 7.10. The van der Waals surface area contributed by atoms with Gasteiger partial charge in [0.1, 0.15) is 0 Å². The largest absolute Gasteiger partial charge is 0.481 e. The molecule has 104 valence electrons. The van der Waals surface area contributed by atoms with Gasteiger partial charge in [-0.25, -0.2) is 4.79 Å². The summed E-state index contributed by atoms with van der Waals surface area (Å²) < 4.78 is 0. The smallest absolute Gasteiger partial charge is 0.320 e. The van der Waals surface area contributed by atoms with Crippen LogP contribution in [0.1, 0.15) is 23.8 Å². The molecule has 0 fully saturated rings. The number of hydrogen-bond acceptors (Lipinski definition) is 3. The van der Waals surface area contributed by atoms with E-state index in [0.29, 0.717) is 13.1 Å². The number of carbonyl (C=O) groups is 2. The molecule has 0 atom stereocenters. The van der Waals surface area contributed by atoms with Crippen molar-refractivity contribution in [1.29, 1.82) is 0 Å². The van der Waals surface area contributed by atoms with Gasteiger partial charge in [0, 0.05) is 31.1 Å². The molecule has 0 saturated carbocycles. The highest BCUT2D eigenvalue weighted by Gasteiger charge is 2.24. The van der Waals surface area contributed by atoms with Gasteiger partial charge in [0.2, 0.25) is 0 Å². The molecule has 19 heavy (non-hydrogen) atoms. The Morgan fingerprint density at radius 1 is 1.53 bits per heavy atom.